The van der Waals surface area contributed by atoms with E-state index in [4.69, 9.17) is 0 Å². The largest absolute Gasteiger partial charge is 0.393 e. The number of amides is 1. The first-order valence-corrected chi connectivity index (χ1v) is 20.7. The molecular formula is C42H77NO2. The first-order chi connectivity index (χ1) is 21.8. The van der Waals surface area contributed by atoms with Gasteiger partial charge in [0.05, 0.1) is 6.10 Å². The molecule has 3 heteroatoms. The maximum absolute atomic E-state index is 12.7. The molecule has 1 amide bonds. The first kappa shape index (κ1) is 37.3. The second-order valence-corrected chi connectivity index (χ2v) is 17.5. The van der Waals surface area contributed by atoms with Crippen LogP contribution in [0.5, 0.6) is 0 Å². The summed E-state index contributed by atoms with van der Waals surface area (Å²) in [6.07, 6.45) is 35.7. The number of aliphatic hydroxyl groups excluding tert-OH is 1. The quantitative estimate of drug-likeness (QED) is 0.124. The van der Waals surface area contributed by atoms with Crippen molar-refractivity contribution in [1.82, 2.24) is 5.32 Å². The van der Waals surface area contributed by atoms with E-state index < -0.39 is 0 Å². The van der Waals surface area contributed by atoms with Gasteiger partial charge in [0.1, 0.15) is 0 Å². The molecule has 0 spiro atoms. The molecule has 0 radical (unpaired) electrons. The number of fused-ring (bicyclic) bond motifs is 5. The Hall–Kier alpha value is -0.570. The van der Waals surface area contributed by atoms with E-state index in [2.05, 4.69) is 33.0 Å². The maximum atomic E-state index is 12.7. The van der Waals surface area contributed by atoms with Crippen LogP contribution >= 0.6 is 0 Å². The highest BCUT2D eigenvalue weighted by atomic mass is 16.3. The van der Waals surface area contributed by atoms with Crippen LogP contribution in [0.3, 0.4) is 0 Å². The molecule has 4 rings (SSSR count). The topological polar surface area (TPSA) is 49.3 Å². The average Bonchev–Trinajstić information content (AvgIpc) is 3.39. The Bertz CT molecular complexity index is 843. The normalized spacial score (nSPS) is 35.0. The van der Waals surface area contributed by atoms with E-state index in [9.17, 15) is 9.90 Å². The summed E-state index contributed by atoms with van der Waals surface area (Å²) >= 11 is 0. The zero-order chi connectivity index (χ0) is 32.1. The van der Waals surface area contributed by atoms with Gasteiger partial charge in [-0.2, -0.15) is 0 Å². The van der Waals surface area contributed by atoms with E-state index in [-0.39, 0.29) is 12.0 Å². The Kier molecular flexibility index (Phi) is 15.6. The van der Waals surface area contributed by atoms with Gasteiger partial charge in [0, 0.05) is 13.0 Å². The van der Waals surface area contributed by atoms with Crippen molar-refractivity contribution in [3.63, 3.8) is 0 Å². The van der Waals surface area contributed by atoms with Crippen LogP contribution in [-0.4, -0.2) is 23.7 Å². The third-order valence-electron chi connectivity index (χ3n) is 14.6. The summed E-state index contributed by atoms with van der Waals surface area (Å²) in [4.78, 5) is 12.7. The predicted molar refractivity (Wildman–Crippen MR) is 192 cm³/mol. The highest BCUT2D eigenvalue weighted by Crippen LogP contribution is 2.68. The van der Waals surface area contributed by atoms with Crippen LogP contribution in [0, 0.1) is 46.3 Å². The third kappa shape index (κ3) is 10.2. The van der Waals surface area contributed by atoms with Crippen LogP contribution in [0.25, 0.3) is 0 Å². The van der Waals surface area contributed by atoms with Gasteiger partial charge in [-0.15, -0.1) is 0 Å². The molecule has 0 aromatic carbocycles. The second kappa shape index (κ2) is 18.8. The molecule has 4 aliphatic rings. The Morgan fingerprint density at radius 3 is 1.89 bits per heavy atom. The fourth-order valence-electron chi connectivity index (χ4n) is 11.8. The monoisotopic (exact) mass is 628 g/mol. The highest BCUT2D eigenvalue weighted by Gasteiger charge is 2.60. The van der Waals surface area contributed by atoms with E-state index in [0.29, 0.717) is 23.2 Å². The van der Waals surface area contributed by atoms with Gasteiger partial charge in [-0.25, -0.2) is 0 Å². The lowest BCUT2D eigenvalue weighted by molar-refractivity contribution is -0.129. The van der Waals surface area contributed by atoms with Crippen molar-refractivity contribution in [3.05, 3.63) is 0 Å². The number of carbonyl (C=O) groups is 1. The van der Waals surface area contributed by atoms with E-state index in [1.807, 2.05) is 0 Å². The van der Waals surface area contributed by atoms with E-state index in [1.165, 1.54) is 141 Å². The molecule has 0 saturated heterocycles. The molecule has 0 heterocycles. The molecule has 4 saturated carbocycles. The minimum absolute atomic E-state index is 0.0451. The standard InChI is InChI=1S/C42H77NO2/c1-5-6-7-8-9-10-11-12-13-14-15-16-17-18-19-20-31-43-40(45)26-21-33(2)37-24-25-38-36-23-22-34-32-35(44)27-29-41(34,3)39(36)28-30-42(37,38)4/h33-39,44H,5-32H2,1-4H3,(H,43,45)/t33-,34?,35-,36?,37-,38?,39?,41+,42-/m1/s1. The van der Waals surface area contributed by atoms with Gasteiger partial charge in [-0.05, 0) is 117 Å². The summed E-state index contributed by atoms with van der Waals surface area (Å²) in [7, 11) is 0. The molecule has 262 valence electrons. The highest BCUT2D eigenvalue weighted by molar-refractivity contribution is 5.75. The zero-order valence-corrected chi connectivity index (χ0v) is 30.7. The van der Waals surface area contributed by atoms with Crippen molar-refractivity contribution < 1.29 is 9.90 Å². The Labute approximate surface area is 280 Å². The molecule has 0 aliphatic heterocycles. The van der Waals surface area contributed by atoms with Gasteiger partial charge in [0.25, 0.3) is 0 Å². The lowest BCUT2D eigenvalue weighted by Crippen LogP contribution is -2.54. The van der Waals surface area contributed by atoms with Crippen molar-refractivity contribution in [2.75, 3.05) is 6.54 Å². The molecule has 45 heavy (non-hydrogen) atoms. The van der Waals surface area contributed by atoms with Gasteiger partial charge >= 0.3 is 0 Å². The third-order valence-corrected chi connectivity index (χ3v) is 14.6. The smallest absolute Gasteiger partial charge is 0.220 e. The summed E-state index contributed by atoms with van der Waals surface area (Å²) in [6, 6.07) is 0. The van der Waals surface area contributed by atoms with E-state index >= 15 is 0 Å². The molecule has 0 aromatic rings. The van der Waals surface area contributed by atoms with Gasteiger partial charge in [-0.1, -0.05) is 124 Å². The minimum Gasteiger partial charge on any atom is -0.393 e. The molecule has 2 N–H and O–H groups in total. The number of carbonyl (C=O) groups excluding carboxylic acids is 1. The van der Waals surface area contributed by atoms with Crippen molar-refractivity contribution in [2.45, 2.75) is 207 Å². The van der Waals surface area contributed by atoms with E-state index in [0.717, 1.165) is 61.8 Å². The van der Waals surface area contributed by atoms with Crippen LogP contribution in [0.15, 0.2) is 0 Å². The molecule has 4 fully saturated rings. The molecule has 3 nitrogen and oxygen atoms in total. The summed E-state index contributed by atoms with van der Waals surface area (Å²) in [5.41, 5.74) is 0.944. The summed E-state index contributed by atoms with van der Waals surface area (Å²) in [5, 5.41) is 13.6. The number of rotatable bonds is 21. The Morgan fingerprint density at radius 1 is 0.711 bits per heavy atom. The van der Waals surface area contributed by atoms with Crippen molar-refractivity contribution in [2.24, 2.45) is 46.3 Å². The number of nitrogens with one attached hydrogen (secondary N) is 1. The second-order valence-electron chi connectivity index (χ2n) is 17.5. The van der Waals surface area contributed by atoms with Crippen LogP contribution in [-0.2, 0) is 4.79 Å². The van der Waals surface area contributed by atoms with Gasteiger partial charge < -0.3 is 10.4 Å². The molecule has 4 aliphatic carbocycles. The maximum Gasteiger partial charge on any atom is 0.220 e. The lowest BCUT2D eigenvalue weighted by Gasteiger charge is -2.61. The van der Waals surface area contributed by atoms with Crippen molar-refractivity contribution in [1.29, 1.82) is 0 Å². The van der Waals surface area contributed by atoms with Crippen molar-refractivity contribution >= 4 is 5.91 Å². The summed E-state index contributed by atoms with van der Waals surface area (Å²) in [5.74, 6) is 5.14. The van der Waals surface area contributed by atoms with Crippen LogP contribution in [0.4, 0.5) is 0 Å². The van der Waals surface area contributed by atoms with Gasteiger partial charge in [0.2, 0.25) is 5.91 Å². The minimum atomic E-state index is -0.0451. The fraction of sp³-hybridized carbons (Fsp3) is 0.976. The summed E-state index contributed by atoms with van der Waals surface area (Å²) < 4.78 is 0. The predicted octanol–water partition coefficient (Wildman–Crippen LogP) is 11.8. The molecule has 9 atom stereocenters. The molecular weight excluding hydrogens is 550 g/mol. The Morgan fingerprint density at radius 2 is 1.27 bits per heavy atom. The average molecular weight is 628 g/mol. The zero-order valence-electron chi connectivity index (χ0n) is 30.7. The van der Waals surface area contributed by atoms with Crippen LogP contribution in [0.1, 0.15) is 201 Å². The molecule has 0 aromatic heterocycles. The first-order valence-electron chi connectivity index (χ1n) is 20.7. The Balaban J connectivity index is 1.02. The lowest BCUT2D eigenvalue weighted by atomic mass is 9.44. The number of hydrogen-bond donors (Lipinski definition) is 2. The van der Waals surface area contributed by atoms with E-state index in [1.54, 1.807) is 0 Å². The SMILES string of the molecule is CCCCCCCCCCCCCCCCCCNC(=O)CC[C@@H](C)[C@H]1CCC2C3CCC4C[C@H](O)CC[C@]4(C)C3CC[C@@]21C. The van der Waals surface area contributed by atoms with Crippen molar-refractivity contribution in [3.8, 4) is 0 Å². The van der Waals surface area contributed by atoms with Crippen LogP contribution in [0.2, 0.25) is 0 Å². The number of unbranched alkanes of at least 4 members (excludes halogenated alkanes) is 15. The number of hydrogen-bond acceptors (Lipinski definition) is 2. The van der Waals surface area contributed by atoms with Gasteiger partial charge in [-0.3, -0.25) is 4.79 Å². The van der Waals surface area contributed by atoms with Gasteiger partial charge in [0.15, 0.2) is 0 Å². The summed E-state index contributed by atoms with van der Waals surface area (Å²) in [6.45, 7) is 10.9. The fourth-order valence-corrected chi connectivity index (χ4v) is 11.8. The number of aliphatic hydroxyl groups is 1. The molecule has 0 bridgehead atoms. The molecule has 4 unspecified atom stereocenters. The van der Waals surface area contributed by atoms with Crippen LogP contribution < -0.4 is 5.32 Å².